The summed E-state index contributed by atoms with van der Waals surface area (Å²) in [6, 6.07) is 2.42. The number of aromatic nitrogens is 1. The number of thioether (sulfide) groups is 1. The molecule has 3 nitrogen and oxygen atoms in total. The molecule has 1 aromatic heterocycles. The minimum Gasteiger partial charge on any atom is -0.495 e. The second-order valence-electron chi connectivity index (χ2n) is 4.55. The van der Waals surface area contributed by atoms with E-state index in [-0.39, 0.29) is 0 Å². The fourth-order valence-corrected chi connectivity index (χ4v) is 2.51. The normalized spacial score (nSPS) is 12.7. The Morgan fingerprint density at radius 3 is 2.78 bits per heavy atom. The number of methoxy groups -OCH3 is 1. The third-order valence-electron chi connectivity index (χ3n) is 2.61. The Labute approximate surface area is 115 Å². The van der Waals surface area contributed by atoms with Crippen LogP contribution in [0.5, 0.6) is 5.75 Å². The molecule has 1 aromatic rings. The van der Waals surface area contributed by atoms with Gasteiger partial charge < -0.3 is 10.1 Å². The van der Waals surface area contributed by atoms with Gasteiger partial charge in [0.1, 0.15) is 5.75 Å². The lowest BCUT2D eigenvalue weighted by molar-refractivity contribution is 0.411. The van der Waals surface area contributed by atoms with Crippen LogP contribution in [0.4, 0.5) is 0 Å². The zero-order chi connectivity index (χ0) is 13.4. The fourth-order valence-electron chi connectivity index (χ4n) is 1.62. The molecule has 0 fully saturated rings. The van der Waals surface area contributed by atoms with E-state index >= 15 is 0 Å². The van der Waals surface area contributed by atoms with Crippen molar-refractivity contribution in [3.63, 3.8) is 0 Å². The van der Waals surface area contributed by atoms with Crippen molar-refractivity contribution >= 4 is 11.8 Å². The maximum Gasteiger partial charge on any atom is 0.137 e. The predicted molar refractivity (Wildman–Crippen MR) is 79.4 cm³/mol. The van der Waals surface area contributed by atoms with E-state index in [9.17, 15) is 0 Å². The smallest absolute Gasteiger partial charge is 0.137 e. The van der Waals surface area contributed by atoms with Crippen molar-refractivity contribution < 1.29 is 4.74 Å². The zero-order valence-electron chi connectivity index (χ0n) is 11.8. The average Bonchev–Trinajstić information content (AvgIpc) is 2.38. The maximum absolute atomic E-state index is 5.24. The summed E-state index contributed by atoms with van der Waals surface area (Å²) in [5.41, 5.74) is 1.20. The third-order valence-corrected chi connectivity index (χ3v) is 3.80. The lowest BCUT2D eigenvalue weighted by atomic mass is 10.1. The van der Waals surface area contributed by atoms with Crippen molar-refractivity contribution in [2.45, 2.75) is 38.5 Å². The van der Waals surface area contributed by atoms with Gasteiger partial charge in [-0.3, -0.25) is 4.98 Å². The van der Waals surface area contributed by atoms with Crippen LogP contribution in [-0.2, 0) is 0 Å². The molecule has 0 radical (unpaired) electrons. The van der Waals surface area contributed by atoms with E-state index in [1.807, 2.05) is 18.0 Å². The van der Waals surface area contributed by atoms with E-state index < -0.39 is 0 Å². The maximum atomic E-state index is 5.24. The first kappa shape index (κ1) is 15.3. The monoisotopic (exact) mass is 268 g/mol. The van der Waals surface area contributed by atoms with Gasteiger partial charge in [-0.15, -0.1) is 0 Å². The topological polar surface area (TPSA) is 34.2 Å². The standard InChI is InChI=1S/C14H24N2OS/c1-5-6-16-14(10-18-11(2)3)12-7-13(17-4)9-15-8-12/h7-9,11,14,16H,5-6,10H2,1-4H3. The molecule has 1 N–H and O–H groups in total. The molecular formula is C14H24N2OS. The number of pyridine rings is 1. The van der Waals surface area contributed by atoms with Crippen LogP contribution in [0.1, 0.15) is 38.8 Å². The van der Waals surface area contributed by atoms with Crippen LogP contribution in [0, 0.1) is 0 Å². The predicted octanol–water partition coefficient (Wildman–Crippen LogP) is 3.27. The summed E-state index contributed by atoms with van der Waals surface area (Å²) in [7, 11) is 1.68. The highest BCUT2D eigenvalue weighted by Crippen LogP contribution is 2.23. The molecule has 0 saturated heterocycles. The quantitative estimate of drug-likeness (QED) is 0.784. The molecule has 1 rings (SSSR count). The Balaban J connectivity index is 2.72. The van der Waals surface area contributed by atoms with Gasteiger partial charge in [0.15, 0.2) is 0 Å². The van der Waals surface area contributed by atoms with Gasteiger partial charge in [-0.05, 0) is 29.8 Å². The Bertz CT molecular complexity index is 344. The number of hydrogen-bond donors (Lipinski definition) is 1. The van der Waals surface area contributed by atoms with Crippen molar-refractivity contribution in [3.05, 3.63) is 24.0 Å². The van der Waals surface area contributed by atoms with Crippen molar-refractivity contribution in [1.82, 2.24) is 10.3 Å². The van der Waals surface area contributed by atoms with Gasteiger partial charge in [0, 0.05) is 18.0 Å². The lowest BCUT2D eigenvalue weighted by Crippen LogP contribution is -2.24. The van der Waals surface area contributed by atoms with Crippen LogP contribution < -0.4 is 10.1 Å². The largest absolute Gasteiger partial charge is 0.495 e. The molecule has 0 spiro atoms. The first-order chi connectivity index (χ1) is 8.67. The first-order valence-corrected chi connectivity index (χ1v) is 7.56. The molecular weight excluding hydrogens is 244 g/mol. The summed E-state index contributed by atoms with van der Waals surface area (Å²) in [4.78, 5) is 4.24. The summed E-state index contributed by atoms with van der Waals surface area (Å²) < 4.78 is 5.24. The molecule has 1 unspecified atom stereocenters. The molecule has 0 aliphatic heterocycles. The van der Waals surface area contributed by atoms with Gasteiger partial charge in [-0.25, -0.2) is 0 Å². The Kier molecular flexibility index (Phi) is 7.13. The summed E-state index contributed by atoms with van der Waals surface area (Å²) in [5.74, 6) is 1.89. The van der Waals surface area contributed by atoms with E-state index in [4.69, 9.17) is 4.74 Å². The number of hydrogen-bond acceptors (Lipinski definition) is 4. The Hall–Kier alpha value is -0.740. The average molecular weight is 268 g/mol. The van der Waals surface area contributed by atoms with E-state index in [0.717, 1.165) is 24.5 Å². The van der Waals surface area contributed by atoms with E-state index in [0.29, 0.717) is 11.3 Å². The molecule has 0 aromatic carbocycles. The van der Waals surface area contributed by atoms with Gasteiger partial charge in [-0.1, -0.05) is 20.8 Å². The molecule has 0 aliphatic carbocycles. The second-order valence-corrected chi connectivity index (χ2v) is 6.16. The Morgan fingerprint density at radius 1 is 1.39 bits per heavy atom. The number of ether oxygens (including phenoxy) is 1. The molecule has 1 atom stereocenters. The summed E-state index contributed by atoms with van der Waals surface area (Å²) in [6.07, 6.45) is 4.81. The van der Waals surface area contributed by atoms with Crippen molar-refractivity contribution in [2.75, 3.05) is 19.4 Å². The molecule has 4 heteroatoms. The van der Waals surface area contributed by atoms with Gasteiger partial charge in [-0.2, -0.15) is 11.8 Å². The van der Waals surface area contributed by atoms with Gasteiger partial charge in [0.05, 0.1) is 13.3 Å². The summed E-state index contributed by atoms with van der Waals surface area (Å²) in [5, 5.41) is 4.22. The van der Waals surface area contributed by atoms with Gasteiger partial charge >= 0.3 is 0 Å². The van der Waals surface area contributed by atoms with Gasteiger partial charge in [0.25, 0.3) is 0 Å². The molecule has 18 heavy (non-hydrogen) atoms. The highest BCUT2D eigenvalue weighted by atomic mass is 32.2. The molecule has 0 aliphatic rings. The third kappa shape index (κ3) is 5.27. The van der Waals surface area contributed by atoms with Gasteiger partial charge in [0.2, 0.25) is 0 Å². The second kappa shape index (κ2) is 8.38. The number of nitrogens with one attached hydrogen (secondary N) is 1. The minimum atomic E-state index is 0.347. The molecule has 1 heterocycles. The molecule has 0 saturated carbocycles. The first-order valence-electron chi connectivity index (χ1n) is 6.51. The summed E-state index contributed by atoms with van der Waals surface area (Å²) >= 11 is 1.97. The minimum absolute atomic E-state index is 0.347. The molecule has 102 valence electrons. The highest BCUT2D eigenvalue weighted by Gasteiger charge is 2.12. The van der Waals surface area contributed by atoms with Crippen molar-refractivity contribution in [1.29, 1.82) is 0 Å². The zero-order valence-corrected chi connectivity index (χ0v) is 12.6. The van der Waals surface area contributed by atoms with Crippen LogP contribution in [0.3, 0.4) is 0 Å². The molecule has 0 bridgehead atoms. The fraction of sp³-hybridized carbons (Fsp3) is 0.643. The van der Waals surface area contributed by atoms with E-state index in [2.05, 4.69) is 37.1 Å². The lowest BCUT2D eigenvalue weighted by Gasteiger charge is -2.19. The molecule has 0 amide bonds. The van der Waals surface area contributed by atoms with Crippen molar-refractivity contribution in [2.24, 2.45) is 0 Å². The van der Waals surface area contributed by atoms with E-state index in [1.54, 1.807) is 13.3 Å². The van der Waals surface area contributed by atoms with Crippen LogP contribution in [0.2, 0.25) is 0 Å². The Morgan fingerprint density at radius 2 is 2.17 bits per heavy atom. The van der Waals surface area contributed by atoms with Crippen LogP contribution in [0.25, 0.3) is 0 Å². The summed E-state index contributed by atoms with van der Waals surface area (Å²) in [6.45, 7) is 7.67. The SMILES string of the molecule is CCCNC(CSC(C)C)c1cncc(OC)c1. The number of nitrogens with zero attached hydrogens (tertiary/aromatic N) is 1. The van der Waals surface area contributed by atoms with Crippen LogP contribution in [0.15, 0.2) is 18.5 Å². The van der Waals surface area contributed by atoms with E-state index in [1.165, 1.54) is 5.56 Å². The van der Waals surface area contributed by atoms with Crippen molar-refractivity contribution in [3.8, 4) is 5.75 Å². The van der Waals surface area contributed by atoms with Crippen LogP contribution >= 0.6 is 11.8 Å². The van der Waals surface area contributed by atoms with Crippen LogP contribution in [-0.4, -0.2) is 29.6 Å². The highest BCUT2D eigenvalue weighted by molar-refractivity contribution is 7.99. The number of rotatable bonds is 8.